The molecule has 20 heavy (non-hydrogen) atoms. The highest BCUT2D eigenvalue weighted by molar-refractivity contribution is 9.10. The molecule has 0 bridgehead atoms. The SMILES string of the molecule is CCN1C(=O)[C@H](C)SC1=NS(=O)(=O)c1ccc(Br)cc1. The first kappa shape index (κ1) is 15.5. The fourth-order valence-electron chi connectivity index (χ4n) is 1.71. The third-order valence-electron chi connectivity index (χ3n) is 2.75. The lowest BCUT2D eigenvalue weighted by Crippen LogP contribution is -2.31. The summed E-state index contributed by atoms with van der Waals surface area (Å²) in [6, 6.07) is 6.23. The molecule has 2 rings (SSSR count). The molecule has 1 fully saturated rings. The van der Waals surface area contributed by atoms with Crippen LogP contribution in [0.15, 0.2) is 38.0 Å². The van der Waals surface area contributed by atoms with Crippen LogP contribution in [0, 0.1) is 0 Å². The number of hydrogen-bond acceptors (Lipinski definition) is 4. The van der Waals surface area contributed by atoms with Crippen LogP contribution in [-0.4, -0.2) is 36.2 Å². The van der Waals surface area contributed by atoms with Crippen LogP contribution < -0.4 is 0 Å². The number of amidine groups is 1. The molecular weight excluding hydrogens is 364 g/mol. The van der Waals surface area contributed by atoms with Crippen molar-refractivity contribution in [2.75, 3.05) is 6.54 Å². The van der Waals surface area contributed by atoms with Crippen molar-refractivity contribution in [1.82, 2.24) is 4.90 Å². The van der Waals surface area contributed by atoms with Gasteiger partial charge in [0.2, 0.25) is 5.91 Å². The number of hydrogen-bond donors (Lipinski definition) is 0. The fraction of sp³-hybridized carbons (Fsp3) is 0.333. The van der Waals surface area contributed by atoms with Crippen molar-refractivity contribution >= 4 is 48.8 Å². The molecule has 1 aromatic rings. The maximum atomic E-state index is 12.2. The van der Waals surface area contributed by atoms with Crippen molar-refractivity contribution in [2.24, 2.45) is 4.40 Å². The predicted octanol–water partition coefficient (Wildman–Crippen LogP) is 2.48. The van der Waals surface area contributed by atoms with Gasteiger partial charge in [-0.15, -0.1) is 4.40 Å². The predicted molar refractivity (Wildman–Crippen MR) is 83.2 cm³/mol. The van der Waals surface area contributed by atoms with Crippen LogP contribution in [0.1, 0.15) is 13.8 Å². The van der Waals surface area contributed by atoms with Gasteiger partial charge in [0.25, 0.3) is 10.0 Å². The summed E-state index contributed by atoms with van der Waals surface area (Å²) < 4.78 is 29.0. The minimum atomic E-state index is -3.80. The molecule has 108 valence electrons. The number of thioether (sulfide) groups is 1. The van der Waals surface area contributed by atoms with Crippen LogP contribution in [0.25, 0.3) is 0 Å². The number of carbonyl (C=O) groups excluding carboxylic acids is 1. The average molecular weight is 377 g/mol. The zero-order valence-electron chi connectivity index (χ0n) is 10.9. The standard InChI is InChI=1S/C12H13BrN2O3S2/c1-3-15-11(16)8(2)19-12(15)14-20(17,18)10-6-4-9(13)5-7-10/h4-8H,3H2,1-2H3/t8-/m0/s1. The van der Waals surface area contributed by atoms with Crippen molar-refractivity contribution in [1.29, 1.82) is 0 Å². The van der Waals surface area contributed by atoms with E-state index in [9.17, 15) is 13.2 Å². The molecule has 0 radical (unpaired) electrons. The van der Waals surface area contributed by atoms with E-state index in [1.807, 2.05) is 0 Å². The molecule has 0 aromatic heterocycles. The number of rotatable bonds is 3. The largest absolute Gasteiger partial charge is 0.290 e. The summed E-state index contributed by atoms with van der Waals surface area (Å²) in [4.78, 5) is 13.3. The third kappa shape index (κ3) is 3.07. The van der Waals surface area contributed by atoms with E-state index in [2.05, 4.69) is 20.3 Å². The Hall–Kier alpha value is -0.860. The lowest BCUT2D eigenvalue weighted by molar-refractivity contribution is -0.125. The summed E-state index contributed by atoms with van der Waals surface area (Å²) in [5.74, 6) is -0.109. The molecule has 0 unspecified atom stereocenters. The molecule has 8 heteroatoms. The van der Waals surface area contributed by atoms with Gasteiger partial charge in [-0.05, 0) is 38.1 Å². The van der Waals surface area contributed by atoms with Gasteiger partial charge in [-0.3, -0.25) is 9.69 Å². The number of halogens is 1. The highest BCUT2D eigenvalue weighted by atomic mass is 79.9. The van der Waals surface area contributed by atoms with Crippen molar-refractivity contribution in [3.63, 3.8) is 0 Å². The number of benzene rings is 1. The van der Waals surface area contributed by atoms with E-state index >= 15 is 0 Å². The summed E-state index contributed by atoms with van der Waals surface area (Å²) >= 11 is 4.42. The van der Waals surface area contributed by atoms with E-state index in [1.165, 1.54) is 28.8 Å². The number of sulfonamides is 1. The van der Waals surface area contributed by atoms with Gasteiger partial charge < -0.3 is 0 Å². The van der Waals surface area contributed by atoms with Gasteiger partial charge >= 0.3 is 0 Å². The lowest BCUT2D eigenvalue weighted by atomic mass is 10.4. The van der Waals surface area contributed by atoms with Crippen LogP contribution in [0.3, 0.4) is 0 Å². The zero-order chi connectivity index (χ0) is 14.9. The summed E-state index contributed by atoms with van der Waals surface area (Å²) in [5, 5.41) is -0.0539. The lowest BCUT2D eigenvalue weighted by Gasteiger charge is -2.12. The Balaban J connectivity index is 2.38. The molecule has 1 amide bonds. The van der Waals surface area contributed by atoms with Gasteiger partial charge in [0.05, 0.1) is 10.1 Å². The second kappa shape index (κ2) is 5.87. The third-order valence-corrected chi connectivity index (χ3v) is 5.76. The fourth-order valence-corrected chi connectivity index (χ4v) is 4.22. The first-order valence-electron chi connectivity index (χ1n) is 5.93. The molecular formula is C12H13BrN2O3S2. The molecule has 0 spiro atoms. The molecule has 0 aliphatic carbocycles. The first-order chi connectivity index (χ1) is 9.35. The van der Waals surface area contributed by atoms with Gasteiger partial charge in [0, 0.05) is 11.0 Å². The minimum absolute atomic E-state index is 0.108. The Morgan fingerprint density at radius 1 is 1.35 bits per heavy atom. The van der Waals surface area contributed by atoms with Crippen LogP contribution in [0.4, 0.5) is 0 Å². The van der Waals surface area contributed by atoms with Crippen molar-refractivity contribution in [3.8, 4) is 0 Å². The quantitative estimate of drug-likeness (QED) is 0.812. The van der Waals surface area contributed by atoms with E-state index in [-0.39, 0.29) is 21.2 Å². The van der Waals surface area contributed by atoms with Crippen LogP contribution in [0.2, 0.25) is 0 Å². The van der Waals surface area contributed by atoms with E-state index in [0.29, 0.717) is 6.54 Å². The number of carbonyl (C=O) groups is 1. The van der Waals surface area contributed by atoms with Crippen LogP contribution in [0.5, 0.6) is 0 Å². The summed E-state index contributed by atoms with van der Waals surface area (Å²) in [7, 11) is -3.80. The minimum Gasteiger partial charge on any atom is -0.290 e. The van der Waals surface area contributed by atoms with E-state index in [4.69, 9.17) is 0 Å². The molecule has 1 aliphatic rings. The number of nitrogens with zero attached hydrogens (tertiary/aromatic N) is 2. The highest BCUT2D eigenvalue weighted by Gasteiger charge is 2.35. The maximum absolute atomic E-state index is 12.2. The van der Waals surface area contributed by atoms with Gasteiger partial charge in [0.1, 0.15) is 0 Å². The zero-order valence-corrected chi connectivity index (χ0v) is 14.1. The second-order valence-electron chi connectivity index (χ2n) is 4.15. The Bertz CT molecular complexity index is 656. The summed E-state index contributed by atoms with van der Waals surface area (Å²) in [6.07, 6.45) is 0. The van der Waals surface area contributed by atoms with E-state index < -0.39 is 10.0 Å². The van der Waals surface area contributed by atoms with Crippen molar-refractivity contribution in [3.05, 3.63) is 28.7 Å². The monoisotopic (exact) mass is 376 g/mol. The topological polar surface area (TPSA) is 66.8 Å². The van der Waals surface area contributed by atoms with E-state index in [0.717, 1.165) is 4.47 Å². The van der Waals surface area contributed by atoms with Gasteiger partial charge in [-0.25, -0.2) is 0 Å². The Morgan fingerprint density at radius 2 is 1.95 bits per heavy atom. The van der Waals surface area contributed by atoms with Crippen molar-refractivity contribution < 1.29 is 13.2 Å². The summed E-state index contributed by atoms with van der Waals surface area (Å²) in [6.45, 7) is 3.94. The Kier molecular flexibility index (Phi) is 4.55. The van der Waals surface area contributed by atoms with Gasteiger partial charge in [-0.2, -0.15) is 8.42 Å². The molecule has 0 N–H and O–H groups in total. The molecule has 1 heterocycles. The second-order valence-corrected chi connectivity index (χ2v) is 7.97. The molecule has 0 saturated carbocycles. The molecule has 5 nitrogen and oxygen atoms in total. The van der Waals surface area contributed by atoms with E-state index in [1.54, 1.807) is 26.0 Å². The van der Waals surface area contributed by atoms with Gasteiger partial charge in [-0.1, -0.05) is 27.7 Å². The molecule has 1 aliphatic heterocycles. The molecule has 1 atom stereocenters. The number of amides is 1. The first-order valence-corrected chi connectivity index (χ1v) is 9.05. The Labute approximate surface area is 130 Å². The highest BCUT2D eigenvalue weighted by Crippen LogP contribution is 2.28. The maximum Gasteiger partial charge on any atom is 0.284 e. The van der Waals surface area contributed by atoms with Crippen molar-refractivity contribution in [2.45, 2.75) is 24.0 Å². The average Bonchev–Trinajstić information content (AvgIpc) is 2.64. The van der Waals surface area contributed by atoms with Gasteiger partial charge in [0.15, 0.2) is 5.17 Å². The Morgan fingerprint density at radius 3 is 2.50 bits per heavy atom. The molecule has 1 saturated heterocycles. The normalized spacial score (nSPS) is 21.8. The van der Waals surface area contributed by atoms with Crippen LogP contribution in [-0.2, 0) is 14.8 Å². The smallest absolute Gasteiger partial charge is 0.284 e. The molecule has 1 aromatic carbocycles. The van der Waals surface area contributed by atoms with Crippen LogP contribution >= 0.6 is 27.7 Å². The summed E-state index contributed by atoms with van der Waals surface area (Å²) in [5.41, 5.74) is 0.